The van der Waals surface area contributed by atoms with Crippen LogP contribution in [0.5, 0.6) is 11.6 Å². The fraction of sp³-hybridized carbons (Fsp3) is 0.333. The Hall–Kier alpha value is -3.96. The minimum Gasteiger partial charge on any atom is -0.439 e. The number of carbonyl (C=O) groups is 1. The molecule has 0 unspecified atom stereocenters. The van der Waals surface area contributed by atoms with E-state index in [1.807, 2.05) is 12.1 Å². The number of aromatic nitrogens is 4. The maximum atomic E-state index is 12.4. The summed E-state index contributed by atoms with van der Waals surface area (Å²) in [5.41, 5.74) is 1.41. The van der Waals surface area contributed by atoms with Gasteiger partial charge in [0, 0.05) is 36.2 Å². The average molecular weight is 479 g/mol. The van der Waals surface area contributed by atoms with E-state index in [0.29, 0.717) is 48.5 Å². The molecule has 4 aromatic rings. The van der Waals surface area contributed by atoms with Gasteiger partial charge in [-0.1, -0.05) is 12.1 Å². The van der Waals surface area contributed by atoms with Gasteiger partial charge in [0.1, 0.15) is 17.8 Å². The summed E-state index contributed by atoms with van der Waals surface area (Å²) in [6.07, 6.45) is 4.50. The first-order valence-corrected chi connectivity index (χ1v) is 11.2. The maximum absolute atomic E-state index is 12.4. The number of rotatable bonds is 10. The molecule has 0 spiro atoms. The Morgan fingerprint density at radius 1 is 1.17 bits per heavy atom. The summed E-state index contributed by atoms with van der Waals surface area (Å²) >= 11 is 0. The van der Waals surface area contributed by atoms with Gasteiger partial charge in [0.15, 0.2) is 5.82 Å². The number of hydrogen-bond acceptors (Lipinski definition) is 9. The molecule has 11 heteroatoms. The molecule has 0 saturated heterocycles. The second kappa shape index (κ2) is 9.72. The van der Waals surface area contributed by atoms with Crippen LogP contribution in [0.15, 0.2) is 53.4 Å². The average Bonchev–Trinajstić information content (AvgIpc) is 3.24. The molecule has 182 valence electrons. The quantitative estimate of drug-likeness (QED) is 0.335. The van der Waals surface area contributed by atoms with Crippen molar-refractivity contribution < 1.29 is 28.4 Å². The monoisotopic (exact) mass is 479 g/mol. The second-order valence-corrected chi connectivity index (χ2v) is 8.50. The Morgan fingerprint density at radius 2 is 2.06 bits per heavy atom. The third kappa shape index (κ3) is 5.42. The molecule has 1 aliphatic carbocycles. The first-order valence-electron chi connectivity index (χ1n) is 11.2. The van der Waals surface area contributed by atoms with Gasteiger partial charge in [-0.25, -0.2) is 14.8 Å². The Kier molecular flexibility index (Phi) is 6.34. The van der Waals surface area contributed by atoms with Crippen molar-refractivity contribution in [3.63, 3.8) is 0 Å². The van der Waals surface area contributed by atoms with E-state index in [0.717, 1.165) is 24.0 Å². The summed E-state index contributed by atoms with van der Waals surface area (Å²) in [4.78, 5) is 26.1. The van der Waals surface area contributed by atoms with Crippen LogP contribution in [0, 0.1) is 0 Å². The standard InChI is InChI=1S/C24H25N5O6/c1-24(6-7-24)20-13-21(28-34-20)27-23(30)35-29-8-5-16-11-18(3-4-19(16)29)33-22-12-17(25-15-26-22)14-32-10-9-31-2/h3-5,8,11-13,15H,6-7,9-10,14H2,1-2H3,(H,27,28,30). The molecule has 11 nitrogen and oxygen atoms in total. The number of fused-ring (bicyclic) bond motifs is 1. The number of benzene rings is 1. The van der Waals surface area contributed by atoms with Gasteiger partial charge >= 0.3 is 6.09 Å². The minimum atomic E-state index is -0.676. The Balaban J connectivity index is 1.20. The topological polar surface area (TPSA) is 123 Å². The van der Waals surface area contributed by atoms with E-state index in [1.54, 1.807) is 37.6 Å². The zero-order chi connectivity index (χ0) is 24.3. The van der Waals surface area contributed by atoms with Crippen LogP contribution < -0.4 is 14.9 Å². The van der Waals surface area contributed by atoms with Crippen molar-refractivity contribution in [3.05, 3.63) is 60.4 Å². The van der Waals surface area contributed by atoms with Crippen molar-refractivity contribution in [1.82, 2.24) is 19.9 Å². The highest BCUT2D eigenvalue weighted by Gasteiger charge is 2.43. The summed E-state index contributed by atoms with van der Waals surface area (Å²) in [7, 11) is 1.62. The van der Waals surface area contributed by atoms with E-state index in [4.69, 9.17) is 23.6 Å². The van der Waals surface area contributed by atoms with Crippen molar-refractivity contribution in [3.8, 4) is 11.6 Å². The predicted molar refractivity (Wildman–Crippen MR) is 124 cm³/mol. The van der Waals surface area contributed by atoms with Gasteiger partial charge < -0.3 is 23.6 Å². The van der Waals surface area contributed by atoms with Crippen molar-refractivity contribution >= 4 is 22.8 Å². The van der Waals surface area contributed by atoms with E-state index in [1.165, 1.54) is 11.1 Å². The number of anilines is 1. The molecule has 5 rings (SSSR count). The van der Waals surface area contributed by atoms with E-state index < -0.39 is 6.09 Å². The summed E-state index contributed by atoms with van der Waals surface area (Å²) in [5, 5.41) is 7.31. The van der Waals surface area contributed by atoms with Crippen LogP contribution >= 0.6 is 0 Å². The molecule has 0 aliphatic heterocycles. The lowest BCUT2D eigenvalue weighted by molar-refractivity contribution is 0.0601. The molecule has 1 aromatic carbocycles. The van der Waals surface area contributed by atoms with Crippen LogP contribution in [0.4, 0.5) is 10.6 Å². The van der Waals surface area contributed by atoms with Crippen LogP contribution in [0.3, 0.4) is 0 Å². The SMILES string of the molecule is COCCOCc1cc(Oc2ccc3c(ccn3OC(=O)Nc3cc(C4(C)CC4)on3)c2)ncn1. The Labute approximate surface area is 200 Å². The Bertz CT molecular complexity index is 1330. The van der Waals surface area contributed by atoms with Gasteiger partial charge in [-0.3, -0.25) is 5.32 Å². The molecular weight excluding hydrogens is 454 g/mol. The zero-order valence-corrected chi connectivity index (χ0v) is 19.4. The van der Waals surface area contributed by atoms with Crippen molar-refractivity contribution in [1.29, 1.82) is 0 Å². The van der Waals surface area contributed by atoms with E-state index >= 15 is 0 Å². The van der Waals surface area contributed by atoms with Crippen LogP contribution in [-0.2, 0) is 21.5 Å². The molecule has 0 atom stereocenters. The van der Waals surface area contributed by atoms with Gasteiger partial charge in [-0.2, -0.15) is 4.73 Å². The van der Waals surface area contributed by atoms with E-state index in [9.17, 15) is 4.79 Å². The lowest BCUT2D eigenvalue weighted by Gasteiger charge is -2.08. The molecule has 35 heavy (non-hydrogen) atoms. The highest BCUT2D eigenvalue weighted by molar-refractivity contribution is 5.86. The van der Waals surface area contributed by atoms with Gasteiger partial charge in [-0.05, 0) is 37.1 Å². The number of nitrogens with one attached hydrogen (secondary N) is 1. The summed E-state index contributed by atoms with van der Waals surface area (Å²) in [6, 6.07) is 10.6. The summed E-state index contributed by atoms with van der Waals surface area (Å²) in [6.45, 7) is 3.42. The third-order valence-corrected chi connectivity index (χ3v) is 5.75. The van der Waals surface area contributed by atoms with Gasteiger partial charge in [-0.15, -0.1) is 0 Å². The smallest absolute Gasteiger partial charge is 0.437 e. The maximum Gasteiger partial charge on any atom is 0.437 e. The molecule has 1 amide bonds. The van der Waals surface area contributed by atoms with E-state index in [2.05, 4.69) is 27.4 Å². The molecule has 1 N–H and O–H groups in total. The molecule has 1 saturated carbocycles. The summed E-state index contributed by atoms with van der Waals surface area (Å²) < 4.78 is 23.0. The number of ether oxygens (including phenoxy) is 3. The normalized spacial score (nSPS) is 14.1. The molecule has 1 aliphatic rings. The zero-order valence-electron chi connectivity index (χ0n) is 19.4. The lowest BCUT2D eigenvalue weighted by Crippen LogP contribution is -2.24. The van der Waals surface area contributed by atoms with Gasteiger partial charge in [0.2, 0.25) is 5.88 Å². The van der Waals surface area contributed by atoms with Crippen LogP contribution in [0.1, 0.15) is 31.2 Å². The number of nitrogens with zero attached hydrogens (tertiary/aromatic N) is 4. The van der Waals surface area contributed by atoms with Gasteiger partial charge in [0.25, 0.3) is 0 Å². The first-order chi connectivity index (χ1) is 17.0. The van der Waals surface area contributed by atoms with Crippen molar-refractivity contribution in [2.24, 2.45) is 0 Å². The first kappa shape index (κ1) is 22.8. The number of carbonyl (C=O) groups excluding carboxylic acids is 1. The largest absolute Gasteiger partial charge is 0.439 e. The number of methoxy groups -OCH3 is 1. The Morgan fingerprint density at radius 3 is 2.89 bits per heavy atom. The van der Waals surface area contributed by atoms with Crippen molar-refractivity contribution in [2.45, 2.75) is 31.8 Å². The van der Waals surface area contributed by atoms with E-state index in [-0.39, 0.29) is 5.41 Å². The molecule has 1 fully saturated rings. The number of hydrogen-bond donors (Lipinski definition) is 1. The molecule has 0 radical (unpaired) electrons. The molecule has 0 bridgehead atoms. The van der Waals surface area contributed by atoms with Crippen molar-refractivity contribution in [2.75, 3.05) is 25.6 Å². The fourth-order valence-corrected chi connectivity index (χ4v) is 3.46. The molecule has 3 heterocycles. The lowest BCUT2D eigenvalue weighted by atomic mass is 10.1. The highest BCUT2D eigenvalue weighted by atomic mass is 16.7. The fourth-order valence-electron chi connectivity index (χ4n) is 3.46. The second-order valence-electron chi connectivity index (χ2n) is 8.50. The van der Waals surface area contributed by atoms with Crippen LogP contribution in [-0.4, -0.2) is 46.3 Å². The van der Waals surface area contributed by atoms with Gasteiger partial charge in [0.05, 0.1) is 31.0 Å². The third-order valence-electron chi connectivity index (χ3n) is 5.75. The minimum absolute atomic E-state index is 0.0262. The number of amides is 1. The predicted octanol–water partition coefficient (Wildman–Crippen LogP) is 4.09. The molecule has 3 aromatic heterocycles. The summed E-state index contributed by atoms with van der Waals surface area (Å²) in [5.74, 6) is 2.06. The van der Waals surface area contributed by atoms with Crippen LogP contribution in [0.25, 0.3) is 10.9 Å². The molecular formula is C24H25N5O6. The highest BCUT2D eigenvalue weighted by Crippen LogP contribution is 2.48. The van der Waals surface area contributed by atoms with Crippen LogP contribution in [0.2, 0.25) is 0 Å².